The molecule has 2 atom stereocenters. The molecule has 0 amide bonds. The van der Waals surface area contributed by atoms with Gasteiger partial charge >= 0.3 is 0 Å². The van der Waals surface area contributed by atoms with Gasteiger partial charge in [0.15, 0.2) is 0 Å². The predicted molar refractivity (Wildman–Crippen MR) is 70.5 cm³/mol. The molecule has 0 bridgehead atoms. The smallest absolute Gasteiger partial charge is 0.00673 e. The van der Waals surface area contributed by atoms with Crippen LogP contribution in [0.3, 0.4) is 0 Å². The van der Waals surface area contributed by atoms with E-state index in [1.807, 2.05) is 0 Å². The van der Waals surface area contributed by atoms with Gasteiger partial charge in [0.1, 0.15) is 0 Å². The molecule has 2 aliphatic carbocycles. The van der Waals surface area contributed by atoms with Crippen molar-refractivity contribution in [1.82, 2.24) is 5.32 Å². The minimum absolute atomic E-state index is 0.678. The Bertz CT molecular complexity index is 217. The molecule has 0 radical (unpaired) electrons. The van der Waals surface area contributed by atoms with E-state index < -0.39 is 0 Å². The third-order valence-electron chi connectivity index (χ3n) is 5.12. The Morgan fingerprint density at radius 3 is 2.50 bits per heavy atom. The maximum absolute atomic E-state index is 3.87. The summed E-state index contributed by atoms with van der Waals surface area (Å²) in [6, 6.07) is 0.821. The second kappa shape index (κ2) is 5.08. The maximum atomic E-state index is 3.87. The Hall–Kier alpha value is -0.0400. The zero-order chi connectivity index (χ0) is 11.6. The van der Waals surface area contributed by atoms with Crippen LogP contribution < -0.4 is 5.32 Å². The van der Waals surface area contributed by atoms with Crippen molar-refractivity contribution in [2.75, 3.05) is 6.54 Å². The summed E-state index contributed by atoms with van der Waals surface area (Å²) in [5.41, 5.74) is 0.678. The van der Waals surface area contributed by atoms with Crippen LogP contribution in [-0.2, 0) is 0 Å². The number of hydrogen-bond donors (Lipinski definition) is 1. The Labute approximate surface area is 101 Å². The monoisotopic (exact) mass is 223 g/mol. The second-order valence-corrected chi connectivity index (χ2v) is 6.71. The first-order valence-corrected chi connectivity index (χ1v) is 7.36. The lowest BCUT2D eigenvalue weighted by atomic mass is 9.92. The first kappa shape index (κ1) is 12.4. The zero-order valence-corrected chi connectivity index (χ0v) is 11.4. The fourth-order valence-corrected chi connectivity index (χ4v) is 3.16. The number of rotatable bonds is 4. The van der Waals surface area contributed by atoms with Gasteiger partial charge in [-0.25, -0.2) is 0 Å². The van der Waals surface area contributed by atoms with Crippen molar-refractivity contribution >= 4 is 0 Å². The largest absolute Gasteiger partial charge is 0.313 e. The lowest BCUT2D eigenvalue weighted by Gasteiger charge is -2.24. The summed E-state index contributed by atoms with van der Waals surface area (Å²) in [7, 11) is 0. The quantitative estimate of drug-likeness (QED) is 0.711. The topological polar surface area (TPSA) is 12.0 Å². The Balaban J connectivity index is 1.73. The van der Waals surface area contributed by atoms with E-state index in [2.05, 4.69) is 26.1 Å². The second-order valence-electron chi connectivity index (χ2n) is 6.71. The van der Waals surface area contributed by atoms with E-state index in [0.29, 0.717) is 5.41 Å². The van der Waals surface area contributed by atoms with Crippen molar-refractivity contribution < 1.29 is 0 Å². The molecule has 2 aliphatic rings. The van der Waals surface area contributed by atoms with Gasteiger partial charge in [-0.1, -0.05) is 33.6 Å². The van der Waals surface area contributed by atoms with E-state index in [1.54, 1.807) is 0 Å². The van der Waals surface area contributed by atoms with Crippen molar-refractivity contribution in [3.63, 3.8) is 0 Å². The highest BCUT2D eigenvalue weighted by molar-refractivity contribution is 4.97. The van der Waals surface area contributed by atoms with Crippen LogP contribution in [0.2, 0.25) is 0 Å². The highest BCUT2D eigenvalue weighted by atomic mass is 14.9. The molecule has 0 aromatic rings. The first-order valence-electron chi connectivity index (χ1n) is 7.36. The van der Waals surface area contributed by atoms with E-state index >= 15 is 0 Å². The fraction of sp³-hybridized carbons (Fsp3) is 1.00. The molecule has 0 spiro atoms. The predicted octanol–water partition coefficient (Wildman–Crippen LogP) is 3.98. The van der Waals surface area contributed by atoms with Crippen LogP contribution in [0.15, 0.2) is 0 Å². The molecule has 0 heterocycles. The lowest BCUT2D eigenvalue weighted by Crippen LogP contribution is -2.35. The van der Waals surface area contributed by atoms with Crippen molar-refractivity contribution in [3.8, 4) is 0 Å². The van der Waals surface area contributed by atoms with E-state index in [-0.39, 0.29) is 0 Å². The van der Waals surface area contributed by atoms with Gasteiger partial charge in [-0.3, -0.25) is 0 Å². The molecule has 2 rings (SSSR count). The zero-order valence-electron chi connectivity index (χ0n) is 11.4. The molecule has 2 saturated carbocycles. The van der Waals surface area contributed by atoms with Crippen molar-refractivity contribution in [3.05, 3.63) is 0 Å². The van der Waals surface area contributed by atoms with E-state index in [4.69, 9.17) is 0 Å². The van der Waals surface area contributed by atoms with Gasteiger partial charge in [0.2, 0.25) is 0 Å². The van der Waals surface area contributed by atoms with E-state index in [0.717, 1.165) is 17.9 Å². The molecule has 1 heteroatoms. The highest BCUT2D eigenvalue weighted by Crippen LogP contribution is 2.51. The lowest BCUT2D eigenvalue weighted by molar-refractivity contribution is 0.309. The summed E-state index contributed by atoms with van der Waals surface area (Å²) in [6.07, 6.45) is 10.1. The van der Waals surface area contributed by atoms with Crippen LogP contribution in [0.1, 0.15) is 65.7 Å². The van der Waals surface area contributed by atoms with Gasteiger partial charge in [0, 0.05) is 12.6 Å². The SMILES string of the molecule is CC1CCCC(NCC2(C(C)C)CC2)CC1. The standard InChI is InChI=1S/C15H29N/c1-12(2)15(9-10-15)11-16-14-6-4-5-13(3)7-8-14/h12-14,16H,4-11H2,1-3H3. The van der Waals surface area contributed by atoms with Gasteiger partial charge in [-0.15, -0.1) is 0 Å². The molecular weight excluding hydrogens is 194 g/mol. The minimum atomic E-state index is 0.678. The Morgan fingerprint density at radius 2 is 1.88 bits per heavy atom. The summed E-state index contributed by atoms with van der Waals surface area (Å²) >= 11 is 0. The van der Waals surface area contributed by atoms with Gasteiger partial charge in [-0.05, 0) is 49.4 Å². The van der Waals surface area contributed by atoms with Crippen molar-refractivity contribution in [1.29, 1.82) is 0 Å². The van der Waals surface area contributed by atoms with Crippen LogP contribution in [0.5, 0.6) is 0 Å². The van der Waals surface area contributed by atoms with Crippen LogP contribution in [0, 0.1) is 17.3 Å². The minimum Gasteiger partial charge on any atom is -0.313 e. The maximum Gasteiger partial charge on any atom is 0.00673 e. The molecule has 1 nitrogen and oxygen atoms in total. The third-order valence-corrected chi connectivity index (χ3v) is 5.12. The van der Waals surface area contributed by atoms with Crippen LogP contribution >= 0.6 is 0 Å². The average Bonchev–Trinajstić information content (AvgIpc) is 3.01. The van der Waals surface area contributed by atoms with Gasteiger partial charge in [0.25, 0.3) is 0 Å². The molecule has 0 aromatic heterocycles. The normalized spacial score (nSPS) is 33.8. The Kier molecular flexibility index (Phi) is 3.94. The van der Waals surface area contributed by atoms with Gasteiger partial charge in [0.05, 0.1) is 0 Å². The highest BCUT2D eigenvalue weighted by Gasteiger charge is 2.45. The molecule has 0 saturated heterocycles. The molecular formula is C15H29N. The third kappa shape index (κ3) is 3.00. The molecule has 94 valence electrons. The molecule has 2 unspecified atom stereocenters. The summed E-state index contributed by atoms with van der Waals surface area (Å²) in [5.74, 6) is 1.83. The fourth-order valence-electron chi connectivity index (χ4n) is 3.16. The summed E-state index contributed by atoms with van der Waals surface area (Å²) in [6.45, 7) is 8.48. The summed E-state index contributed by atoms with van der Waals surface area (Å²) < 4.78 is 0. The molecule has 0 aliphatic heterocycles. The Morgan fingerprint density at radius 1 is 1.12 bits per heavy atom. The number of hydrogen-bond acceptors (Lipinski definition) is 1. The van der Waals surface area contributed by atoms with E-state index in [1.165, 1.54) is 51.5 Å². The molecule has 2 fully saturated rings. The summed E-state index contributed by atoms with van der Waals surface area (Å²) in [4.78, 5) is 0. The number of nitrogens with one attached hydrogen (secondary N) is 1. The van der Waals surface area contributed by atoms with Crippen LogP contribution in [-0.4, -0.2) is 12.6 Å². The molecule has 16 heavy (non-hydrogen) atoms. The molecule has 1 N–H and O–H groups in total. The van der Waals surface area contributed by atoms with E-state index in [9.17, 15) is 0 Å². The van der Waals surface area contributed by atoms with Crippen molar-refractivity contribution in [2.45, 2.75) is 71.8 Å². The van der Waals surface area contributed by atoms with Crippen LogP contribution in [0.4, 0.5) is 0 Å². The van der Waals surface area contributed by atoms with Crippen LogP contribution in [0.25, 0.3) is 0 Å². The van der Waals surface area contributed by atoms with Crippen molar-refractivity contribution in [2.24, 2.45) is 17.3 Å². The van der Waals surface area contributed by atoms with Gasteiger partial charge < -0.3 is 5.32 Å². The average molecular weight is 223 g/mol. The summed E-state index contributed by atoms with van der Waals surface area (Å²) in [5, 5.41) is 3.87. The first-order chi connectivity index (χ1) is 7.62. The molecule has 0 aromatic carbocycles. The van der Waals surface area contributed by atoms with Gasteiger partial charge in [-0.2, -0.15) is 0 Å².